The molecule has 1 unspecified atom stereocenters. The molecule has 0 heterocycles. The lowest BCUT2D eigenvalue weighted by Crippen LogP contribution is -2.11. The molecule has 0 aliphatic carbocycles. The number of hydrogen-bond acceptors (Lipinski definition) is 2. The fourth-order valence-electron chi connectivity index (χ4n) is 1.14. The zero-order chi connectivity index (χ0) is 10.3. The summed E-state index contributed by atoms with van der Waals surface area (Å²) in [6, 6.07) is 0. The minimum atomic E-state index is -2.78. The fraction of sp³-hybridized carbons (Fsp3) is 1.00. The molecule has 0 saturated carbocycles. The SMILES string of the molecule is CCCS(=O)(=O)CCCC(C)CCl. The highest BCUT2D eigenvalue weighted by Crippen LogP contribution is 2.09. The Kier molecular flexibility index (Phi) is 6.78. The summed E-state index contributed by atoms with van der Waals surface area (Å²) in [5.74, 6) is 1.69. The summed E-state index contributed by atoms with van der Waals surface area (Å²) in [5.41, 5.74) is 0. The van der Waals surface area contributed by atoms with Crippen LogP contribution in [0.2, 0.25) is 0 Å². The van der Waals surface area contributed by atoms with E-state index in [2.05, 4.69) is 0 Å². The first-order valence-electron chi connectivity index (χ1n) is 4.78. The van der Waals surface area contributed by atoms with Crippen LogP contribution in [-0.4, -0.2) is 25.8 Å². The van der Waals surface area contributed by atoms with E-state index >= 15 is 0 Å². The van der Waals surface area contributed by atoms with Crippen molar-refractivity contribution in [2.45, 2.75) is 33.1 Å². The topological polar surface area (TPSA) is 34.1 Å². The predicted octanol–water partition coefficient (Wildman–Crippen LogP) is 2.47. The number of sulfone groups is 1. The second-order valence-electron chi connectivity index (χ2n) is 3.55. The monoisotopic (exact) mass is 226 g/mol. The summed E-state index contributed by atoms with van der Waals surface area (Å²) in [7, 11) is -2.78. The molecule has 0 aromatic heterocycles. The van der Waals surface area contributed by atoms with E-state index in [1.807, 2.05) is 13.8 Å². The van der Waals surface area contributed by atoms with E-state index < -0.39 is 9.84 Å². The molecule has 13 heavy (non-hydrogen) atoms. The molecule has 0 rings (SSSR count). The maximum absolute atomic E-state index is 11.3. The van der Waals surface area contributed by atoms with Gasteiger partial charge in [0.25, 0.3) is 0 Å². The highest BCUT2D eigenvalue weighted by atomic mass is 35.5. The molecule has 0 spiro atoms. The van der Waals surface area contributed by atoms with E-state index in [1.165, 1.54) is 0 Å². The van der Waals surface area contributed by atoms with Gasteiger partial charge >= 0.3 is 0 Å². The van der Waals surface area contributed by atoms with Gasteiger partial charge in [0.05, 0.1) is 5.75 Å². The predicted molar refractivity (Wildman–Crippen MR) is 58.1 cm³/mol. The molecule has 0 radical (unpaired) electrons. The minimum Gasteiger partial charge on any atom is -0.229 e. The van der Waals surface area contributed by atoms with Gasteiger partial charge in [-0.05, 0) is 25.2 Å². The third kappa shape index (κ3) is 7.32. The number of alkyl halides is 1. The summed E-state index contributed by atoms with van der Waals surface area (Å²) in [6.07, 6.45) is 2.37. The van der Waals surface area contributed by atoms with Crippen molar-refractivity contribution >= 4 is 21.4 Å². The van der Waals surface area contributed by atoms with Crippen LogP contribution in [0.4, 0.5) is 0 Å². The largest absolute Gasteiger partial charge is 0.229 e. The van der Waals surface area contributed by atoms with Crippen LogP contribution < -0.4 is 0 Å². The Morgan fingerprint density at radius 1 is 1.31 bits per heavy atom. The lowest BCUT2D eigenvalue weighted by Gasteiger charge is -2.06. The molecule has 2 nitrogen and oxygen atoms in total. The highest BCUT2D eigenvalue weighted by molar-refractivity contribution is 7.91. The van der Waals surface area contributed by atoms with Crippen molar-refractivity contribution in [3.05, 3.63) is 0 Å². The van der Waals surface area contributed by atoms with Crippen molar-refractivity contribution in [2.24, 2.45) is 5.92 Å². The lowest BCUT2D eigenvalue weighted by molar-refractivity contribution is 0.563. The molecule has 0 aliphatic heterocycles. The molecule has 0 bridgehead atoms. The maximum Gasteiger partial charge on any atom is 0.150 e. The molecule has 0 saturated heterocycles. The van der Waals surface area contributed by atoms with Gasteiger partial charge in [-0.1, -0.05) is 13.8 Å². The van der Waals surface area contributed by atoms with Crippen molar-refractivity contribution in [3.8, 4) is 0 Å². The normalized spacial score (nSPS) is 14.4. The Hall–Kier alpha value is 0.240. The van der Waals surface area contributed by atoms with Gasteiger partial charge in [0.15, 0.2) is 0 Å². The molecule has 1 atom stereocenters. The van der Waals surface area contributed by atoms with Gasteiger partial charge in [-0.25, -0.2) is 8.42 Å². The number of hydrogen-bond donors (Lipinski definition) is 0. The van der Waals surface area contributed by atoms with Crippen molar-refractivity contribution in [1.82, 2.24) is 0 Å². The van der Waals surface area contributed by atoms with Crippen LogP contribution in [0.25, 0.3) is 0 Å². The van der Waals surface area contributed by atoms with Gasteiger partial charge in [0.1, 0.15) is 9.84 Å². The van der Waals surface area contributed by atoms with Gasteiger partial charge in [0, 0.05) is 11.6 Å². The van der Waals surface area contributed by atoms with E-state index in [0.29, 0.717) is 29.7 Å². The second-order valence-corrected chi connectivity index (χ2v) is 6.17. The smallest absolute Gasteiger partial charge is 0.150 e. The average Bonchev–Trinajstić information content (AvgIpc) is 2.03. The summed E-state index contributed by atoms with van der Waals surface area (Å²) in [4.78, 5) is 0. The molecule has 0 aromatic rings. The molecule has 4 heteroatoms. The van der Waals surface area contributed by atoms with Crippen LogP contribution in [0.3, 0.4) is 0 Å². The second kappa shape index (κ2) is 6.66. The van der Waals surface area contributed by atoms with Crippen LogP contribution in [0.1, 0.15) is 33.1 Å². The summed E-state index contributed by atoms with van der Waals surface area (Å²) in [6.45, 7) is 3.93. The van der Waals surface area contributed by atoms with Gasteiger partial charge in [-0.3, -0.25) is 0 Å². The average molecular weight is 227 g/mol. The van der Waals surface area contributed by atoms with E-state index in [9.17, 15) is 8.42 Å². The first-order chi connectivity index (χ1) is 6.02. The molecule has 0 aromatic carbocycles. The van der Waals surface area contributed by atoms with E-state index in [4.69, 9.17) is 11.6 Å². The van der Waals surface area contributed by atoms with Crippen LogP contribution in [0.5, 0.6) is 0 Å². The Morgan fingerprint density at radius 3 is 2.38 bits per heavy atom. The third-order valence-corrected chi connectivity index (χ3v) is 4.40. The first kappa shape index (κ1) is 13.2. The summed E-state index contributed by atoms with van der Waals surface area (Å²) >= 11 is 5.61. The number of halogens is 1. The Balaban J connectivity index is 3.64. The molecule has 80 valence electrons. The van der Waals surface area contributed by atoms with Crippen LogP contribution >= 0.6 is 11.6 Å². The van der Waals surface area contributed by atoms with Gasteiger partial charge < -0.3 is 0 Å². The van der Waals surface area contributed by atoms with E-state index in [0.717, 1.165) is 12.8 Å². The molecule has 0 fully saturated rings. The van der Waals surface area contributed by atoms with Crippen LogP contribution in [0, 0.1) is 5.92 Å². The standard InChI is InChI=1S/C9H19ClO2S/c1-3-6-13(11,12)7-4-5-9(2)8-10/h9H,3-8H2,1-2H3. The minimum absolute atomic E-state index is 0.321. The van der Waals surface area contributed by atoms with Gasteiger partial charge in [-0.15, -0.1) is 11.6 Å². The van der Waals surface area contributed by atoms with E-state index in [-0.39, 0.29) is 0 Å². The third-order valence-electron chi connectivity index (χ3n) is 1.93. The van der Waals surface area contributed by atoms with Crippen LogP contribution in [-0.2, 0) is 9.84 Å². The lowest BCUT2D eigenvalue weighted by atomic mass is 10.1. The van der Waals surface area contributed by atoms with Crippen molar-refractivity contribution < 1.29 is 8.42 Å². The number of rotatable bonds is 7. The van der Waals surface area contributed by atoms with E-state index in [1.54, 1.807) is 0 Å². The van der Waals surface area contributed by atoms with Crippen molar-refractivity contribution in [1.29, 1.82) is 0 Å². The first-order valence-corrected chi connectivity index (χ1v) is 7.13. The molecule has 0 amide bonds. The molecule has 0 aliphatic rings. The Bertz CT molecular complexity index is 212. The van der Waals surface area contributed by atoms with Crippen molar-refractivity contribution in [2.75, 3.05) is 17.4 Å². The zero-order valence-electron chi connectivity index (χ0n) is 8.42. The Labute approximate surface area is 86.6 Å². The molecule has 0 N–H and O–H groups in total. The van der Waals surface area contributed by atoms with Gasteiger partial charge in [-0.2, -0.15) is 0 Å². The summed E-state index contributed by atoms with van der Waals surface area (Å²) < 4.78 is 22.5. The van der Waals surface area contributed by atoms with Crippen LogP contribution in [0.15, 0.2) is 0 Å². The maximum atomic E-state index is 11.3. The quantitative estimate of drug-likeness (QED) is 0.625. The summed E-state index contributed by atoms with van der Waals surface area (Å²) in [5, 5.41) is 0. The highest BCUT2D eigenvalue weighted by Gasteiger charge is 2.09. The zero-order valence-corrected chi connectivity index (χ0v) is 10.00. The fourth-order valence-corrected chi connectivity index (χ4v) is 2.73. The molecular formula is C9H19ClO2S. The molecular weight excluding hydrogens is 208 g/mol. The van der Waals surface area contributed by atoms with Gasteiger partial charge in [0.2, 0.25) is 0 Å². The Morgan fingerprint density at radius 2 is 1.92 bits per heavy atom. The van der Waals surface area contributed by atoms with Crippen molar-refractivity contribution in [3.63, 3.8) is 0 Å².